The largest absolute Gasteiger partial charge is 0.331 e. The highest BCUT2D eigenvalue weighted by Gasteiger charge is 2.19. The maximum Gasteiger partial charge on any atom is 0.331 e. The van der Waals surface area contributed by atoms with Crippen LogP contribution in [-0.2, 0) is 14.1 Å². The van der Waals surface area contributed by atoms with E-state index in [4.69, 9.17) is 0 Å². The van der Waals surface area contributed by atoms with Crippen molar-refractivity contribution < 1.29 is 0 Å². The number of thioether (sulfide) groups is 1. The predicted octanol–water partition coefficient (Wildman–Crippen LogP) is 3.50. The Bertz CT molecular complexity index is 1130. The number of benzene rings is 1. The molecule has 0 N–H and O–H groups in total. The Balaban J connectivity index is 1.81. The van der Waals surface area contributed by atoms with Gasteiger partial charge in [0.05, 0.1) is 5.39 Å². The smallest absolute Gasteiger partial charge is 0.287 e. The van der Waals surface area contributed by atoms with Gasteiger partial charge >= 0.3 is 5.69 Å². The zero-order chi connectivity index (χ0) is 17.6. The molecule has 3 aromatic rings. The fourth-order valence-corrected chi connectivity index (χ4v) is 5.01. The molecule has 0 amide bonds. The molecule has 2 heterocycles. The van der Waals surface area contributed by atoms with Crippen molar-refractivity contribution in [2.75, 3.05) is 0 Å². The fraction of sp³-hybridized carbons (Fsp3) is 0.158. The summed E-state index contributed by atoms with van der Waals surface area (Å²) in [6.07, 6.45) is 8.32. The van der Waals surface area contributed by atoms with Crippen LogP contribution < -0.4 is 11.2 Å². The molecule has 1 unspecified atom stereocenters. The summed E-state index contributed by atoms with van der Waals surface area (Å²) >= 11 is 3.25. The second-order valence-electron chi connectivity index (χ2n) is 5.88. The molecule has 0 bridgehead atoms. The highest BCUT2D eigenvalue weighted by atomic mass is 32.2. The fourth-order valence-electron chi connectivity index (χ4n) is 2.92. The van der Waals surface area contributed by atoms with Gasteiger partial charge < -0.3 is 0 Å². The van der Waals surface area contributed by atoms with Gasteiger partial charge in [0.25, 0.3) is 5.56 Å². The molecule has 1 atom stereocenters. The van der Waals surface area contributed by atoms with E-state index < -0.39 is 0 Å². The number of aryl methyl sites for hydroxylation is 1. The summed E-state index contributed by atoms with van der Waals surface area (Å²) in [5.74, 6) is 0. The van der Waals surface area contributed by atoms with Crippen LogP contribution in [0.2, 0.25) is 0 Å². The van der Waals surface area contributed by atoms with E-state index in [1.165, 1.54) is 27.8 Å². The second kappa shape index (κ2) is 6.20. The van der Waals surface area contributed by atoms with E-state index in [1.54, 1.807) is 23.4 Å². The van der Waals surface area contributed by atoms with Crippen LogP contribution in [0.25, 0.3) is 22.4 Å². The summed E-state index contributed by atoms with van der Waals surface area (Å²) in [4.78, 5) is 27.7. The lowest BCUT2D eigenvalue weighted by atomic mass is 10.2. The zero-order valence-electron chi connectivity index (χ0n) is 13.8. The van der Waals surface area contributed by atoms with Gasteiger partial charge in [0.1, 0.15) is 4.83 Å². The van der Waals surface area contributed by atoms with E-state index in [1.807, 2.05) is 24.3 Å². The van der Waals surface area contributed by atoms with Crippen LogP contribution in [0.3, 0.4) is 0 Å². The third-order valence-corrected chi connectivity index (χ3v) is 6.64. The summed E-state index contributed by atoms with van der Waals surface area (Å²) < 4.78 is 2.72. The van der Waals surface area contributed by atoms with Gasteiger partial charge in [0.2, 0.25) is 0 Å². The summed E-state index contributed by atoms with van der Waals surface area (Å²) in [5, 5.41) is 0.823. The minimum absolute atomic E-state index is 0.202. The maximum atomic E-state index is 12.6. The van der Waals surface area contributed by atoms with Crippen molar-refractivity contribution >= 4 is 45.5 Å². The van der Waals surface area contributed by atoms with E-state index in [0.29, 0.717) is 5.39 Å². The molecule has 0 saturated heterocycles. The van der Waals surface area contributed by atoms with Crippen LogP contribution in [0.15, 0.2) is 57.0 Å². The average Bonchev–Trinajstić information content (AvgIpc) is 2.89. The highest BCUT2D eigenvalue weighted by molar-refractivity contribution is 8.00. The van der Waals surface area contributed by atoms with E-state index in [-0.39, 0.29) is 16.5 Å². The number of hydrogen-bond donors (Lipinski definition) is 0. The molecule has 0 radical (unpaired) electrons. The summed E-state index contributed by atoms with van der Waals surface area (Å²) in [5.41, 5.74) is 0.380. The van der Waals surface area contributed by atoms with E-state index in [9.17, 15) is 9.59 Å². The van der Waals surface area contributed by atoms with Crippen LogP contribution in [0.4, 0.5) is 0 Å². The number of hydrogen-bond acceptors (Lipinski definition) is 4. The van der Waals surface area contributed by atoms with Crippen LogP contribution in [0, 0.1) is 0 Å². The van der Waals surface area contributed by atoms with Crippen molar-refractivity contribution in [3.05, 3.63) is 73.8 Å². The molecule has 1 aliphatic rings. The van der Waals surface area contributed by atoms with Crippen molar-refractivity contribution in [1.29, 1.82) is 0 Å². The molecule has 0 spiro atoms. The molecule has 25 heavy (non-hydrogen) atoms. The molecule has 4 rings (SSSR count). The Hall–Kier alpha value is -2.31. The third kappa shape index (κ3) is 2.71. The molecular weight excluding hydrogens is 352 g/mol. The first-order valence-electron chi connectivity index (χ1n) is 7.87. The van der Waals surface area contributed by atoms with Crippen molar-refractivity contribution in [2.45, 2.75) is 10.1 Å². The average molecular weight is 368 g/mol. The lowest BCUT2D eigenvalue weighted by molar-refractivity contribution is 0.717. The van der Waals surface area contributed by atoms with Crippen LogP contribution in [-0.4, -0.2) is 14.4 Å². The van der Waals surface area contributed by atoms with Gasteiger partial charge in [-0.05, 0) is 18.2 Å². The van der Waals surface area contributed by atoms with Crippen molar-refractivity contribution in [3.8, 4) is 0 Å². The van der Waals surface area contributed by atoms with Gasteiger partial charge in [-0.2, -0.15) is 0 Å². The molecule has 0 aliphatic heterocycles. The van der Waals surface area contributed by atoms with Crippen LogP contribution in [0.1, 0.15) is 10.4 Å². The summed E-state index contributed by atoms with van der Waals surface area (Å²) in [7, 11) is 3.24. The summed E-state index contributed by atoms with van der Waals surface area (Å²) in [6, 6.07) is 10.2. The molecular formula is C19H16N2O2S2. The monoisotopic (exact) mass is 368 g/mol. The summed E-state index contributed by atoms with van der Waals surface area (Å²) in [6.45, 7) is 0. The lowest BCUT2D eigenvalue weighted by Crippen LogP contribution is -2.36. The Labute approximate surface area is 152 Å². The molecule has 0 fully saturated rings. The highest BCUT2D eigenvalue weighted by Crippen LogP contribution is 2.35. The zero-order valence-corrected chi connectivity index (χ0v) is 15.4. The first-order chi connectivity index (χ1) is 12.1. The Morgan fingerprint density at radius 2 is 1.72 bits per heavy atom. The molecule has 1 aliphatic carbocycles. The van der Waals surface area contributed by atoms with Crippen LogP contribution >= 0.6 is 23.1 Å². The second-order valence-corrected chi connectivity index (χ2v) is 8.16. The Morgan fingerprint density at radius 3 is 2.48 bits per heavy atom. The van der Waals surface area contributed by atoms with E-state index in [0.717, 1.165) is 15.3 Å². The Morgan fingerprint density at radius 1 is 1.00 bits per heavy atom. The first-order valence-corrected chi connectivity index (χ1v) is 9.56. The molecule has 2 aromatic heterocycles. The van der Waals surface area contributed by atoms with Gasteiger partial charge in [-0.25, -0.2) is 4.79 Å². The molecule has 4 nitrogen and oxygen atoms in total. The Kier molecular flexibility index (Phi) is 4.01. The van der Waals surface area contributed by atoms with Crippen molar-refractivity contribution in [2.24, 2.45) is 14.1 Å². The molecule has 6 heteroatoms. The quantitative estimate of drug-likeness (QED) is 0.695. The van der Waals surface area contributed by atoms with Crippen molar-refractivity contribution in [1.82, 2.24) is 9.13 Å². The van der Waals surface area contributed by atoms with Gasteiger partial charge in [0.15, 0.2) is 0 Å². The van der Waals surface area contributed by atoms with Gasteiger partial charge in [0, 0.05) is 34.7 Å². The lowest BCUT2D eigenvalue weighted by Gasteiger charge is -2.06. The van der Waals surface area contributed by atoms with E-state index in [2.05, 4.69) is 30.4 Å². The van der Waals surface area contributed by atoms with Gasteiger partial charge in [-0.15, -0.1) is 23.1 Å². The third-order valence-electron chi connectivity index (χ3n) is 4.26. The van der Waals surface area contributed by atoms with Gasteiger partial charge in [-0.3, -0.25) is 13.9 Å². The topological polar surface area (TPSA) is 44.0 Å². The normalized spacial score (nSPS) is 16.2. The molecule has 1 aromatic carbocycles. The SMILES string of the molecule is Cn1c(=O)c2c3c(sc2n(C)c1=O)C=CC(Sc1ccccc1)C=C3. The number of thiophene rings is 1. The van der Waals surface area contributed by atoms with Gasteiger partial charge in [-0.1, -0.05) is 36.4 Å². The number of aromatic nitrogens is 2. The first kappa shape index (κ1) is 16.2. The predicted molar refractivity (Wildman–Crippen MR) is 106 cm³/mol. The van der Waals surface area contributed by atoms with Crippen molar-refractivity contribution in [3.63, 3.8) is 0 Å². The van der Waals surface area contributed by atoms with Crippen LogP contribution in [0.5, 0.6) is 0 Å². The number of rotatable bonds is 2. The minimum atomic E-state index is -0.292. The standard InChI is InChI=1S/C19H16N2O2S2/c1-20-17(22)16-14-10-8-13(24-12-6-4-3-5-7-12)9-11-15(14)25-18(16)21(2)19(20)23/h3-11,13H,1-2H3. The number of nitrogens with zero attached hydrogens (tertiary/aromatic N) is 2. The molecule has 126 valence electrons. The maximum absolute atomic E-state index is 12.6. The van der Waals surface area contributed by atoms with E-state index >= 15 is 0 Å². The molecule has 0 saturated carbocycles. The number of fused-ring (bicyclic) bond motifs is 3. The minimum Gasteiger partial charge on any atom is -0.287 e.